The van der Waals surface area contributed by atoms with Crippen LogP contribution in [0, 0.1) is 0 Å². The normalized spacial score (nSPS) is 16.0. The van der Waals surface area contributed by atoms with Gasteiger partial charge in [-0.05, 0) is 38.8 Å². The molecule has 74 valence electrons. The Morgan fingerprint density at radius 3 is 2.00 bits per heavy atom. The van der Waals surface area contributed by atoms with Crippen molar-refractivity contribution in [3.63, 3.8) is 0 Å². The minimum absolute atomic E-state index is 0.414. The Morgan fingerprint density at radius 1 is 0.917 bits per heavy atom. The summed E-state index contributed by atoms with van der Waals surface area (Å²) in [5, 5.41) is 18.6. The monoisotopic (exact) mass is 176 g/mol. The van der Waals surface area contributed by atoms with Crippen LogP contribution in [0.3, 0.4) is 0 Å². The van der Waals surface area contributed by atoms with Crippen molar-refractivity contribution in [2.75, 3.05) is 13.1 Å². The van der Waals surface area contributed by atoms with Gasteiger partial charge in [0.15, 0.2) is 0 Å². The molecule has 0 fully saturated rings. The summed E-state index contributed by atoms with van der Waals surface area (Å²) >= 11 is 0. The van der Waals surface area contributed by atoms with Crippen molar-refractivity contribution in [2.45, 2.75) is 37.9 Å². The molecule has 6 N–H and O–H groups in total. The molecule has 0 heterocycles. The molecule has 0 aliphatic heterocycles. The number of nitrogens with two attached hydrogens (primary N) is 2. The molecule has 0 aromatic rings. The summed E-state index contributed by atoms with van der Waals surface area (Å²) in [7, 11) is 0. The predicted octanol–water partition coefficient (Wildman–Crippen LogP) is -0.814. The van der Waals surface area contributed by atoms with E-state index in [2.05, 4.69) is 0 Å². The predicted molar refractivity (Wildman–Crippen MR) is 48.6 cm³/mol. The zero-order chi connectivity index (χ0) is 9.40. The van der Waals surface area contributed by atoms with E-state index in [1.807, 2.05) is 0 Å². The van der Waals surface area contributed by atoms with E-state index in [4.69, 9.17) is 11.5 Å². The number of aliphatic hydroxyl groups is 2. The first-order chi connectivity index (χ1) is 5.70. The van der Waals surface area contributed by atoms with Crippen LogP contribution in [0.1, 0.15) is 25.7 Å². The van der Waals surface area contributed by atoms with Gasteiger partial charge in [0.05, 0.1) is 12.2 Å². The summed E-state index contributed by atoms with van der Waals surface area (Å²) < 4.78 is 0. The smallest absolute Gasteiger partial charge is 0.0576 e. The lowest BCUT2D eigenvalue weighted by molar-refractivity contribution is 0.0716. The van der Waals surface area contributed by atoms with Gasteiger partial charge in [-0.3, -0.25) is 0 Å². The van der Waals surface area contributed by atoms with Crippen molar-refractivity contribution in [3.05, 3.63) is 0 Å². The topological polar surface area (TPSA) is 92.5 Å². The molecule has 0 spiro atoms. The van der Waals surface area contributed by atoms with Crippen LogP contribution in [0.2, 0.25) is 0 Å². The van der Waals surface area contributed by atoms with Gasteiger partial charge in [-0.15, -0.1) is 0 Å². The number of rotatable bonds is 7. The Balaban J connectivity index is 3.33. The molecule has 0 bridgehead atoms. The lowest BCUT2D eigenvalue weighted by atomic mass is 10.1. The van der Waals surface area contributed by atoms with Crippen molar-refractivity contribution in [1.82, 2.24) is 0 Å². The third-order valence-corrected chi connectivity index (χ3v) is 1.79. The maximum absolute atomic E-state index is 9.32. The van der Waals surface area contributed by atoms with Gasteiger partial charge in [0.2, 0.25) is 0 Å². The van der Waals surface area contributed by atoms with Crippen LogP contribution >= 0.6 is 0 Å². The van der Waals surface area contributed by atoms with E-state index < -0.39 is 12.2 Å². The molecule has 0 rings (SSSR count). The van der Waals surface area contributed by atoms with Gasteiger partial charge in [-0.2, -0.15) is 0 Å². The molecule has 0 aliphatic rings. The highest BCUT2D eigenvalue weighted by atomic mass is 16.3. The molecule has 4 heteroatoms. The largest absolute Gasteiger partial charge is 0.393 e. The number of hydrogen-bond acceptors (Lipinski definition) is 4. The molecule has 4 nitrogen and oxygen atoms in total. The Morgan fingerprint density at radius 2 is 1.50 bits per heavy atom. The fourth-order valence-corrected chi connectivity index (χ4v) is 1.10. The SMILES string of the molecule is NCCCC(O)CC(O)CCN. The zero-order valence-corrected chi connectivity index (χ0v) is 7.45. The molecule has 12 heavy (non-hydrogen) atoms. The Kier molecular flexibility index (Phi) is 7.39. The molecule has 0 aromatic carbocycles. The first-order valence-electron chi connectivity index (χ1n) is 4.47. The van der Waals surface area contributed by atoms with Gasteiger partial charge in [0.25, 0.3) is 0 Å². The van der Waals surface area contributed by atoms with Crippen molar-refractivity contribution in [2.24, 2.45) is 11.5 Å². The Bertz CT molecular complexity index is 101. The van der Waals surface area contributed by atoms with Gasteiger partial charge >= 0.3 is 0 Å². The summed E-state index contributed by atoms with van der Waals surface area (Å²) in [6, 6.07) is 0. The second kappa shape index (κ2) is 7.49. The molecule has 0 saturated heterocycles. The fraction of sp³-hybridized carbons (Fsp3) is 1.00. The van der Waals surface area contributed by atoms with Gasteiger partial charge in [-0.1, -0.05) is 0 Å². The fourth-order valence-electron chi connectivity index (χ4n) is 1.10. The van der Waals surface area contributed by atoms with Crippen LogP contribution in [0.5, 0.6) is 0 Å². The summed E-state index contributed by atoms with van der Waals surface area (Å²) in [5.74, 6) is 0. The number of aliphatic hydroxyl groups excluding tert-OH is 2. The second-order valence-corrected chi connectivity index (χ2v) is 3.05. The molecule has 0 amide bonds. The third kappa shape index (κ3) is 6.54. The Hall–Kier alpha value is -0.160. The van der Waals surface area contributed by atoms with Crippen LogP contribution in [0.15, 0.2) is 0 Å². The highest BCUT2D eigenvalue weighted by Crippen LogP contribution is 2.06. The minimum atomic E-state index is -0.470. The van der Waals surface area contributed by atoms with Crippen molar-refractivity contribution in [3.8, 4) is 0 Å². The van der Waals surface area contributed by atoms with Crippen LogP contribution < -0.4 is 11.5 Å². The van der Waals surface area contributed by atoms with Gasteiger partial charge in [-0.25, -0.2) is 0 Å². The first kappa shape index (κ1) is 11.8. The molecule has 0 aliphatic carbocycles. The average Bonchev–Trinajstić information content (AvgIpc) is 2.01. The summed E-state index contributed by atoms with van der Waals surface area (Å²) in [5.41, 5.74) is 10.5. The van der Waals surface area contributed by atoms with E-state index >= 15 is 0 Å². The molecule has 0 saturated carbocycles. The quantitative estimate of drug-likeness (QED) is 0.408. The van der Waals surface area contributed by atoms with E-state index in [0.717, 1.165) is 6.42 Å². The van der Waals surface area contributed by atoms with E-state index in [1.165, 1.54) is 0 Å². The van der Waals surface area contributed by atoms with E-state index in [0.29, 0.717) is 32.4 Å². The summed E-state index contributed by atoms with van der Waals surface area (Å²) in [6.45, 7) is 1.05. The maximum atomic E-state index is 9.32. The molecule has 2 unspecified atom stereocenters. The lowest BCUT2D eigenvalue weighted by Crippen LogP contribution is -2.21. The van der Waals surface area contributed by atoms with Crippen molar-refractivity contribution in [1.29, 1.82) is 0 Å². The molecular weight excluding hydrogens is 156 g/mol. The minimum Gasteiger partial charge on any atom is -0.393 e. The first-order valence-corrected chi connectivity index (χ1v) is 4.47. The molecule has 0 aromatic heterocycles. The van der Waals surface area contributed by atoms with Crippen molar-refractivity contribution >= 4 is 0 Å². The highest BCUT2D eigenvalue weighted by molar-refractivity contribution is 4.64. The van der Waals surface area contributed by atoms with Crippen LogP contribution in [-0.2, 0) is 0 Å². The third-order valence-electron chi connectivity index (χ3n) is 1.79. The van der Waals surface area contributed by atoms with Gasteiger partial charge < -0.3 is 21.7 Å². The standard InChI is InChI=1S/C8H20N2O2/c9-4-1-2-7(11)6-8(12)3-5-10/h7-8,11-12H,1-6,9-10H2. The zero-order valence-electron chi connectivity index (χ0n) is 7.45. The van der Waals surface area contributed by atoms with E-state index in [-0.39, 0.29) is 0 Å². The van der Waals surface area contributed by atoms with Gasteiger partial charge in [0, 0.05) is 0 Å². The van der Waals surface area contributed by atoms with Crippen LogP contribution in [0.25, 0.3) is 0 Å². The lowest BCUT2D eigenvalue weighted by Gasteiger charge is -2.14. The summed E-state index contributed by atoms with van der Waals surface area (Å²) in [6.07, 6.45) is 1.53. The molecule has 0 radical (unpaired) electrons. The maximum Gasteiger partial charge on any atom is 0.0576 e. The molecular formula is C8H20N2O2. The Labute approximate surface area is 73.6 Å². The summed E-state index contributed by atoms with van der Waals surface area (Å²) in [4.78, 5) is 0. The second-order valence-electron chi connectivity index (χ2n) is 3.05. The van der Waals surface area contributed by atoms with Gasteiger partial charge in [0.1, 0.15) is 0 Å². The van der Waals surface area contributed by atoms with Crippen LogP contribution in [-0.4, -0.2) is 35.5 Å². The molecule has 2 atom stereocenters. The van der Waals surface area contributed by atoms with Crippen LogP contribution in [0.4, 0.5) is 0 Å². The highest BCUT2D eigenvalue weighted by Gasteiger charge is 2.10. The number of hydrogen-bond donors (Lipinski definition) is 4. The average molecular weight is 176 g/mol. The van der Waals surface area contributed by atoms with E-state index in [1.54, 1.807) is 0 Å². The van der Waals surface area contributed by atoms with E-state index in [9.17, 15) is 10.2 Å². The van der Waals surface area contributed by atoms with Crippen molar-refractivity contribution < 1.29 is 10.2 Å².